The van der Waals surface area contributed by atoms with Crippen molar-refractivity contribution in [3.8, 4) is 0 Å². The maximum atomic E-state index is 11.5. The molecular formula is C14H19NOS. The molecule has 17 heavy (non-hydrogen) atoms. The van der Waals surface area contributed by atoms with Crippen molar-refractivity contribution >= 4 is 17.7 Å². The van der Waals surface area contributed by atoms with Crippen LogP contribution in [0, 0.1) is 0 Å². The topological polar surface area (TPSA) is 29.1 Å². The third-order valence-electron chi connectivity index (χ3n) is 2.91. The summed E-state index contributed by atoms with van der Waals surface area (Å²) in [5.41, 5.74) is 1.35. The molecule has 2 nitrogen and oxygen atoms in total. The van der Waals surface area contributed by atoms with E-state index < -0.39 is 0 Å². The van der Waals surface area contributed by atoms with Crippen molar-refractivity contribution in [2.75, 3.05) is 11.5 Å². The van der Waals surface area contributed by atoms with Crippen LogP contribution < -0.4 is 5.32 Å². The third kappa shape index (κ3) is 4.43. The first-order valence-corrected chi connectivity index (χ1v) is 7.33. The quantitative estimate of drug-likeness (QED) is 0.840. The highest BCUT2D eigenvalue weighted by atomic mass is 32.2. The molecule has 0 unspecified atom stereocenters. The van der Waals surface area contributed by atoms with Crippen LogP contribution in [0.25, 0.3) is 0 Å². The molecule has 0 spiro atoms. The maximum absolute atomic E-state index is 11.5. The Balaban J connectivity index is 1.65. The van der Waals surface area contributed by atoms with Gasteiger partial charge in [-0.25, -0.2) is 0 Å². The van der Waals surface area contributed by atoms with Gasteiger partial charge in [-0.1, -0.05) is 37.3 Å². The van der Waals surface area contributed by atoms with E-state index in [4.69, 9.17) is 0 Å². The zero-order chi connectivity index (χ0) is 12.1. The molecule has 0 radical (unpaired) electrons. The summed E-state index contributed by atoms with van der Waals surface area (Å²) in [4.78, 5) is 11.5. The summed E-state index contributed by atoms with van der Waals surface area (Å²) in [6, 6.07) is 10.9. The van der Waals surface area contributed by atoms with E-state index in [9.17, 15) is 4.79 Å². The molecule has 3 heteroatoms. The van der Waals surface area contributed by atoms with Crippen LogP contribution >= 0.6 is 11.8 Å². The Morgan fingerprint density at radius 2 is 2.12 bits per heavy atom. The molecule has 2 rings (SSSR count). The molecule has 1 N–H and O–H groups in total. The van der Waals surface area contributed by atoms with Gasteiger partial charge in [0.05, 0.1) is 5.75 Å². The van der Waals surface area contributed by atoms with Gasteiger partial charge in [-0.15, -0.1) is 0 Å². The number of nitrogens with one attached hydrogen (secondary N) is 1. The van der Waals surface area contributed by atoms with E-state index in [1.165, 1.54) is 5.56 Å². The minimum absolute atomic E-state index is 0.192. The summed E-state index contributed by atoms with van der Waals surface area (Å²) in [7, 11) is 0. The molecule has 92 valence electrons. The molecule has 1 amide bonds. The Morgan fingerprint density at radius 3 is 2.76 bits per heavy atom. The van der Waals surface area contributed by atoms with Gasteiger partial charge in [-0.2, -0.15) is 11.8 Å². The highest BCUT2D eigenvalue weighted by Gasteiger charge is 2.22. The van der Waals surface area contributed by atoms with Crippen molar-refractivity contribution in [1.29, 1.82) is 0 Å². The number of hydrogen-bond acceptors (Lipinski definition) is 2. The van der Waals surface area contributed by atoms with E-state index >= 15 is 0 Å². The van der Waals surface area contributed by atoms with Crippen LogP contribution in [-0.2, 0) is 4.79 Å². The van der Waals surface area contributed by atoms with E-state index in [2.05, 4.69) is 36.5 Å². The number of amides is 1. The van der Waals surface area contributed by atoms with Gasteiger partial charge >= 0.3 is 0 Å². The molecule has 0 aliphatic heterocycles. The lowest BCUT2D eigenvalue weighted by Gasteiger charge is -2.11. The van der Waals surface area contributed by atoms with Crippen LogP contribution in [0.1, 0.15) is 31.2 Å². The molecule has 0 aromatic heterocycles. The lowest BCUT2D eigenvalue weighted by Crippen LogP contribution is -2.27. The predicted molar refractivity (Wildman–Crippen MR) is 73.3 cm³/mol. The highest BCUT2D eigenvalue weighted by molar-refractivity contribution is 7.99. The molecule has 0 heterocycles. The summed E-state index contributed by atoms with van der Waals surface area (Å²) in [6.45, 7) is 2.21. The van der Waals surface area contributed by atoms with Crippen LogP contribution in [0.5, 0.6) is 0 Å². The van der Waals surface area contributed by atoms with Gasteiger partial charge in [0.15, 0.2) is 0 Å². The van der Waals surface area contributed by atoms with E-state index in [-0.39, 0.29) is 5.91 Å². The second-order valence-electron chi connectivity index (χ2n) is 4.67. The Kier molecular flexibility index (Phi) is 4.49. The molecule has 1 atom stereocenters. The predicted octanol–water partition coefficient (Wildman–Crippen LogP) is 2.80. The second-order valence-corrected chi connectivity index (χ2v) is 5.70. The minimum atomic E-state index is 0.192. The summed E-state index contributed by atoms with van der Waals surface area (Å²) in [5, 5.41) is 3.01. The molecule has 0 saturated heterocycles. The zero-order valence-electron chi connectivity index (χ0n) is 10.2. The fourth-order valence-corrected chi connectivity index (χ4v) is 2.64. The number of benzene rings is 1. The Hall–Kier alpha value is -0.960. The monoisotopic (exact) mass is 249 g/mol. The molecule has 1 aromatic carbocycles. The average molecular weight is 249 g/mol. The first-order valence-electron chi connectivity index (χ1n) is 6.18. The summed E-state index contributed by atoms with van der Waals surface area (Å²) >= 11 is 1.72. The number of thioether (sulfide) groups is 1. The summed E-state index contributed by atoms with van der Waals surface area (Å²) < 4.78 is 0. The number of carbonyl (C=O) groups is 1. The minimum Gasteiger partial charge on any atom is -0.353 e. The van der Waals surface area contributed by atoms with E-state index in [1.807, 2.05) is 6.07 Å². The molecule has 1 aromatic rings. The second kappa shape index (κ2) is 6.10. The van der Waals surface area contributed by atoms with E-state index in [1.54, 1.807) is 11.8 Å². The van der Waals surface area contributed by atoms with Gasteiger partial charge in [0.2, 0.25) is 5.91 Å². The third-order valence-corrected chi connectivity index (χ3v) is 4.11. The van der Waals surface area contributed by atoms with Crippen molar-refractivity contribution in [1.82, 2.24) is 5.32 Å². The van der Waals surface area contributed by atoms with Crippen LogP contribution in [0.15, 0.2) is 30.3 Å². The fraction of sp³-hybridized carbons (Fsp3) is 0.500. The standard InChI is InChI=1S/C14H19NOS/c1-11(12-5-3-2-4-6-12)9-17-10-14(16)15-13-7-8-13/h2-6,11,13H,7-10H2,1H3,(H,15,16)/t11-/m0/s1. The number of hydrogen-bond donors (Lipinski definition) is 1. The first kappa shape index (κ1) is 12.5. The Morgan fingerprint density at radius 1 is 1.41 bits per heavy atom. The van der Waals surface area contributed by atoms with Gasteiger partial charge in [-0.3, -0.25) is 4.79 Å². The zero-order valence-corrected chi connectivity index (χ0v) is 11.0. The number of rotatable bonds is 6. The van der Waals surface area contributed by atoms with Gasteiger partial charge in [0, 0.05) is 11.8 Å². The van der Waals surface area contributed by atoms with Crippen molar-refractivity contribution in [3.63, 3.8) is 0 Å². The normalized spacial score (nSPS) is 16.5. The number of carbonyl (C=O) groups excluding carboxylic acids is 1. The van der Waals surface area contributed by atoms with Crippen LogP contribution in [-0.4, -0.2) is 23.5 Å². The Labute approximate surface area is 107 Å². The fourth-order valence-electron chi connectivity index (χ4n) is 1.70. The SMILES string of the molecule is C[C@@H](CSCC(=O)NC1CC1)c1ccccc1. The molecular weight excluding hydrogens is 230 g/mol. The van der Waals surface area contributed by atoms with E-state index in [0.29, 0.717) is 17.7 Å². The highest BCUT2D eigenvalue weighted by Crippen LogP contribution is 2.21. The molecule has 1 fully saturated rings. The van der Waals surface area contributed by atoms with Crippen molar-refractivity contribution in [2.45, 2.75) is 31.7 Å². The van der Waals surface area contributed by atoms with Crippen molar-refractivity contribution < 1.29 is 4.79 Å². The van der Waals surface area contributed by atoms with Gasteiger partial charge in [0.1, 0.15) is 0 Å². The lowest BCUT2D eigenvalue weighted by atomic mass is 10.0. The van der Waals surface area contributed by atoms with Crippen LogP contribution in [0.4, 0.5) is 0 Å². The van der Waals surface area contributed by atoms with E-state index in [0.717, 1.165) is 18.6 Å². The van der Waals surface area contributed by atoms with Crippen LogP contribution in [0.3, 0.4) is 0 Å². The largest absolute Gasteiger partial charge is 0.353 e. The maximum Gasteiger partial charge on any atom is 0.230 e. The summed E-state index contributed by atoms with van der Waals surface area (Å²) in [6.07, 6.45) is 2.33. The molecule has 1 saturated carbocycles. The molecule has 0 bridgehead atoms. The van der Waals surface area contributed by atoms with Gasteiger partial charge in [0.25, 0.3) is 0 Å². The first-order chi connectivity index (χ1) is 8.25. The Bertz CT molecular complexity index is 362. The van der Waals surface area contributed by atoms with Gasteiger partial charge < -0.3 is 5.32 Å². The van der Waals surface area contributed by atoms with Crippen molar-refractivity contribution in [2.24, 2.45) is 0 Å². The average Bonchev–Trinajstić information content (AvgIpc) is 3.14. The van der Waals surface area contributed by atoms with Crippen molar-refractivity contribution in [3.05, 3.63) is 35.9 Å². The lowest BCUT2D eigenvalue weighted by molar-refractivity contribution is -0.118. The molecule has 1 aliphatic carbocycles. The smallest absolute Gasteiger partial charge is 0.230 e. The van der Waals surface area contributed by atoms with Crippen LogP contribution in [0.2, 0.25) is 0 Å². The molecule has 1 aliphatic rings. The summed E-state index contributed by atoms with van der Waals surface area (Å²) in [5.74, 6) is 2.29. The van der Waals surface area contributed by atoms with Gasteiger partial charge in [-0.05, 0) is 24.3 Å².